The second-order valence-corrected chi connectivity index (χ2v) is 10.8. The molecular weight excluding hydrogens is 534 g/mol. The highest BCUT2D eigenvalue weighted by atomic mass is 79.9. The molecule has 11 heteroatoms. The second-order valence-electron chi connectivity index (χ2n) is 10.0. The first-order valence-electron chi connectivity index (χ1n) is 12.2. The minimum Gasteiger partial charge on any atom is -1.00 e. The number of nitrogens with zero attached hydrogens (tertiary/aromatic N) is 4. The molecule has 1 amide bonds. The fourth-order valence-electron chi connectivity index (χ4n) is 6.10. The van der Waals surface area contributed by atoms with Crippen molar-refractivity contribution in [2.75, 3.05) is 31.5 Å². The van der Waals surface area contributed by atoms with Gasteiger partial charge in [0.15, 0.2) is 18.2 Å². The molecular formula is C24H32BrN5O4S. The Morgan fingerprint density at radius 1 is 1.14 bits per heavy atom. The molecule has 2 atom stereocenters. The maximum Gasteiger partial charge on any atom is 0.343 e. The van der Waals surface area contributed by atoms with Crippen molar-refractivity contribution in [1.82, 2.24) is 15.0 Å². The summed E-state index contributed by atoms with van der Waals surface area (Å²) in [7, 11) is 0. The monoisotopic (exact) mass is 565 g/mol. The maximum atomic E-state index is 13.6. The number of rotatable bonds is 7. The fourth-order valence-corrected chi connectivity index (χ4v) is 6.81. The number of aromatic nitrogens is 3. The van der Waals surface area contributed by atoms with Crippen LogP contribution in [0.25, 0.3) is 0 Å². The molecule has 35 heavy (non-hydrogen) atoms. The Morgan fingerprint density at radius 3 is 2.51 bits per heavy atom. The van der Waals surface area contributed by atoms with E-state index in [1.165, 1.54) is 24.0 Å². The van der Waals surface area contributed by atoms with Gasteiger partial charge < -0.3 is 31.3 Å². The number of halogens is 1. The molecule has 2 aromatic heterocycles. The average Bonchev–Trinajstić information content (AvgIpc) is 3.40. The highest BCUT2D eigenvalue weighted by Gasteiger charge is 2.52. The molecule has 4 aliphatic rings. The molecule has 4 fully saturated rings. The first kappa shape index (κ1) is 26.1. The summed E-state index contributed by atoms with van der Waals surface area (Å²) in [4.78, 5) is 38.0. The van der Waals surface area contributed by atoms with E-state index >= 15 is 0 Å². The molecule has 2 N–H and O–H groups in total. The summed E-state index contributed by atoms with van der Waals surface area (Å²) < 4.78 is 6.70. The van der Waals surface area contributed by atoms with Gasteiger partial charge in [0.1, 0.15) is 19.2 Å². The molecule has 190 valence electrons. The lowest BCUT2D eigenvalue weighted by Crippen LogP contribution is -3.00. The van der Waals surface area contributed by atoms with E-state index < -0.39 is 11.6 Å². The zero-order chi connectivity index (χ0) is 23.6. The van der Waals surface area contributed by atoms with Crippen molar-refractivity contribution in [2.45, 2.75) is 56.7 Å². The number of nitrogens with one attached hydrogen (secondary N) is 1. The summed E-state index contributed by atoms with van der Waals surface area (Å²) in [5, 5.41) is 18.3. The Hall–Kier alpha value is -1.95. The van der Waals surface area contributed by atoms with Gasteiger partial charge in [-0.2, -0.15) is 11.3 Å². The number of piperidine rings is 3. The van der Waals surface area contributed by atoms with Crippen LogP contribution in [-0.4, -0.2) is 68.7 Å². The van der Waals surface area contributed by atoms with Crippen molar-refractivity contribution in [3.8, 4) is 0 Å². The molecule has 3 saturated heterocycles. The molecule has 0 aromatic carbocycles. The summed E-state index contributed by atoms with van der Waals surface area (Å²) in [5.41, 5.74) is -0.954. The number of carbonyl (C=O) groups is 2. The molecule has 6 rings (SSSR count). The Balaban J connectivity index is 0.00000289. The van der Waals surface area contributed by atoms with E-state index in [4.69, 9.17) is 4.74 Å². The van der Waals surface area contributed by atoms with Gasteiger partial charge in [-0.15, -0.1) is 0 Å². The first-order valence-corrected chi connectivity index (χ1v) is 13.2. The van der Waals surface area contributed by atoms with Gasteiger partial charge in [-0.1, -0.05) is 19.3 Å². The fraction of sp³-hybridized carbons (Fsp3) is 0.625. The Morgan fingerprint density at radius 2 is 1.86 bits per heavy atom. The quantitative estimate of drug-likeness (QED) is 0.343. The van der Waals surface area contributed by atoms with E-state index in [0.717, 1.165) is 58.0 Å². The van der Waals surface area contributed by atoms with Gasteiger partial charge in [-0.3, -0.25) is 10.1 Å². The average molecular weight is 567 g/mol. The second kappa shape index (κ2) is 11.0. The lowest BCUT2D eigenvalue weighted by molar-refractivity contribution is -0.939. The number of hydrogen-bond donors (Lipinski definition) is 2. The minimum atomic E-state index is -1.60. The zero-order valence-electron chi connectivity index (χ0n) is 19.6. The number of thiophene rings is 1. The summed E-state index contributed by atoms with van der Waals surface area (Å²) in [6, 6.07) is 1.84. The molecule has 0 spiro atoms. The number of hydrogen-bond acceptors (Lipinski definition) is 8. The van der Waals surface area contributed by atoms with Crippen molar-refractivity contribution in [2.24, 2.45) is 11.8 Å². The van der Waals surface area contributed by atoms with Crippen molar-refractivity contribution < 1.29 is 40.9 Å². The van der Waals surface area contributed by atoms with Gasteiger partial charge in [0.2, 0.25) is 5.95 Å². The van der Waals surface area contributed by atoms with Crippen LogP contribution in [0.5, 0.6) is 0 Å². The van der Waals surface area contributed by atoms with Crippen LogP contribution in [0.15, 0.2) is 29.5 Å². The van der Waals surface area contributed by atoms with E-state index in [2.05, 4.69) is 20.3 Å². The number of quaternary nitrogens is 1. The first-order chi connectivity index (χ1) is 16.5. The number of esters is 1. The van der Waals surface area contributed by atoms with Crippen LogP contribution in [-0.2, 0) is 19.9 Å². The number of aliphatic hydroxyl groups is 1. The summed E-state index contributed by atoms with van der Waals surface area (Å²) in [6.07, 6.45) is 9.03. The number of fused-ring (bicyclic) bond motifs is 3. The van der Waals surface area contributed by atoms with Gasteiger partial charge in [0.05, 0.1) is 13.1 Å². The Kier molecular flexibility index (Phi) is 8.19. The van der Waals surface area contributed by atoms with Crippen LogP contribution in [0.2, 0.25) is 0 Å². The van der Waals surface area contributed by atoms with E-state index in [1.807, 2.05) is 16.8 Å². The third-order valence-electron chi connectivity index (χ3n) is 7.99. The molecule has 0 radical (unpaired) electrons. The number of amides is 1. The van der Waals surface area contributed by atoms with Crippen LogP contribution >= 0.6 is 11.3 Å². The van der Waals surface area contributed by atoms with Gasteiger partial charge in [-0.05, 0) is 29.7 Å². The predicted octanol–water partition coefficient (Wildman–Crippen LogP) is -0.504. The number of anilines is 1. The maximum absolute atomic E-state index is 13.6. The van der Waals surface area contributed by atoms with Crippen LogP contribution < -0.4 is 22.3 Å². The van der Waals surface area contributed by atoms with E-state index in [-0.39, 0.29) is 53.3 Å². The molecule has 5 heterocycles. The van der Waals surface area contributed by atoms with E-state index in [1.54, 1.807) is 0 Å². The summed E-state index contributed by atoms with van der Waals surface area (Å²) in [6.45, 7) is 2.62. The lowest BCUT2D eigenvalue weighted by atomic mass is 9.74. The predicted molar refractivity (Wildman–Crippen MR) is 126 cm³/mol. The summed E-state index contributed by atoms with van der Waals surface area (Å²) >= 11 is 1.48. The largest absolute Gasteiger partial charge is 1.00 e. The van der Waals surface area contributed by atoms with Crippen LogP contribution in [0.1, 0.15) is 50.5 Å². The highest BCUT2D eigenvalue weighted by Crippen LogP contribution is 2.43. The number of carbonyl (C=O) groups excluding carboxylic acids is 2. The normalized spacial score (nSPS) is 27.9. The lowest BCUT2D eigenvalue weighted by Gasteiger charge is -2.52. The molecule has 3 aliphatic heterocycles. The third kappa shape index (κ3) is 5.42. The molecule has 1 unspecified atom stereocenters. The van der Waals surface area contributed by atoms with Crippen molar-refractivity contribution in [1.29, 1.82) is 0 Å². The van der Waals surface area contributed by atoms with Crippen molar-refractivity contribution >= 4 is 29.2 Å². The molecule has 2 aromatic rings. The molecule has 9 nitrogen and oxygen atoms in total. The van der Waals surface area contributed by atoms with Gasteiger partial charge in [0, 0.05) is 30.2 Å². The molecule has 1 saturated carbocycles. The third-order valence-corrected chi connectivity index (χ3v) is 8.68. The van der Waals surface area contributed by atoms with Gasteiger partial charge >= 0.3 is 5.97 Å². The van der Waals surface area contributed by atoms with E-state index in [0.29, 0.717) is 16.6 Å². The van der Waals surface area contributed by atoms with Gasteiger partial charge in [-0.25, -0.2) is 19.7 Å². The summed E-state index contributed by atoms with van der Waals surface area (Å²) in [5.74, 6) is -0.299. The zero-order valence-corrected chi connectivity index (χ0v) is 22.0. The Bertz CT molecular complexity index is 997. The minimum absolute atomic E-state index is 0. The SMILES string of the molecule is O=C(C[N+]12CCC(CC1)C(OC(=O)[C@](O)(c1ccsc1)C1CCCCC1)C2)Nc1ncncn1.[Br-]. The highest BCUT2D eigenvalue weighted by molar-refractivity contribution is 7.08. The standard InChI is InChI=1S/C24H31N5O4S.BrH/c30-21(28-23-26-15-25-16-27-23)13-29-9-6-17(7-10-29)20(12-29)33-22(31)24(32,19-8-11-34-14-19)18-4-2-1-3-5-18;/h8,11,14-18,20,32H,1-7,9-10,12-13H2;1H/t17?,20?,24-,29?;/m1./s1. The van der Waals surface area contributed by atoms with Crippen LogP contribution in [0.3, 0.4) is 0 Å². The van der Waals surface area contributed by atoms with Crippen LogP contribution in [0, 0.1) is 11.8 Å². The molecule has 1 aliphatic carbocycles. The van der Waals surface area contributed by atoms with Crippen LogP contribution in [0.4, 0.5) is 5.95 Å². The van der Waals surface area contributed by atoms with Crippen molar-refractivity contribution in [3.63, 3.8) is 0 Å². The Labute approximate surface area is 219 Å². The van der Waals surface area contributed by atoms with Crippen molar-refractivity contribution in [3.05, 3.63) is 35.0 Å². The topological polar surface area (TPSA) is 114 Å². The van der Waals surface area contributed by atoms with Gasteiger partial charge in [0.25, 0.3) is 5.91 Å². The van der Waals surface area contributed by atoms with E-state index in [9.17, 15) is 14.7 Å². The molecule has 2 bridgehead atoms. The number of ether oxygens (including phenoxy) is 1. The smallest absolute Gasteiger partial charge is 0.343 e.